The molecule has 2 saturated carbocycles. The van der Waals surface area contributed by atoms with Crippen LogP contribution in [0.5, 0.6) is 5.75 Å². The standard InChI is InChI=1S/C26H33N5O4/c27-13-18(11-17-8-9-28-24(17)32)29-25(33)21(10-15-4-5-15)31-26(34)22-12-19-20(30-22)2-1-3-23(19)35-14-16-6-7-16/h1-3,12,15-18,21,24,28,30,32H,4-11,14H2,(H,29,33)(H,31,34). The number of nitrogens with zero attached hydrogens (tertiary/aromatic N) is 1. The van der Waals surface area contributed by atoms with Crippen molar-refractivity contribution in [2.24, 2.45) is 17.8 Å². The van der Waals surface area contributed by atoms with Gasteiger partial charge in [-0.2, -0.15) is 5.26 Å². The summed E-state index contributed by atoms with van der Waals surface area (Å²) in [4.78, 5) is 29.4. The van der Waals surface area contributed by atoms with Gasteiger partial charge in [-0.05, 0) is 68.7 Å². The van der Waals surface area contributed by atoms with Crippen LogP contribution in [0.15, 0.2) is 24.3 Å². The quantitative estimate of drug-likeness (QED) is 0.335. The van der Waals surface area contributed by atoms with E-state index < -0.39 is 18.3 Å². The van der Waals surface area contributed by atoms with E-state index in [0.717, 1.165) is 35.9 Å². The average molecular weight is 480 g/mol. The van der Waals surface area contributed by atoms with Crippen molar-refractivity contribution in [3.8, 4) is 11.8 Å². The van der Waals surface area contributed by atoms with Crippen molar-refractivity contribution in [2.75, 3.05) is 13.2 Å². The molecule has 1 aromatic heterocycles. The first-order valence-corrected chi connectivity index (χ1v) is 12.7. The van der Waals surface area contributed by atoms with Gasteiger partial charge in [-0.25, -0.2) is 0 Å². The first-order chi connectivity index (χ1) is 17.0. The summed E-state index contributed by atoms with van der Waals surface area (Å²) in [5.41, 5.74) is 1.17. The molecule has 3 aliphatic rings. The van der Waals surface area contributed by atoms with E-state index in [4.69, 9.17) is 4.74 Å². The van der Waals surface area contributed by atoms with Gasteiger partial charge in [0.25, 0.3) is 5.91 Å². The van der Waals surface area contributed by atoms with Crippen molar-refractivity contribution >= 4 is 22.7 Å². The van der Waals surface area contributed by atoms with Gasteiger partial charge in [-0.15, -0.1) is 0 Å². The second-order valence-corrected chi connectivity index (χ2v) is 10.2. The molecule has 4 unspecified atom stereocenters. The number of fused-ring (bicyclic) bond motifs is 1. The number of benzene rings is 1. The number of hydrogen-bond acceptors (Lipinski definition) is 6. The largest absolute Gasteiger partial charge is 0.493 e. The summed E-state index contributed by atoms with van der Waals surface area (Å²) >= 11 is 0. The number of hydrogen-bond donors (Lipinski definition) is 5. The predicted octanol–water partition coefficient (Wildman–Crippen LogP) is 2.18. The van der Waals surface area contributed by atoms with Crippen molar-refractivity contribution in [3.63, 3.8) is 0 Å². The number of aliphatic hydroxyl groups is 1. The zero-order valence-electron chi connectivity index (χ0n) is 19.8. The minimum atomic E-state index is -0.727. The summed E-state index contributed by atoms with van der Waals surface area (Å²) in [6.45, 7) is 1.37. The van der Waals surface area contributed by atoms with Gasteiger partial charge >= 0.3 is 0 Å². The molecule has 5 N–H and O–H groups in total. The third kappa shape index (κ3) is 5.95. The van der Waals surface area contributed by atoms with E-state index in [0.29, 0.717) is 43.5 Å². The highest BCUT2D eigenvalue weighted by molar-refractivity contribution is 6.01. The molecule has 35 heavy (non-hydrogen) atoms. The van der Waals surface area contributed by atoms with Gasteiger partial charge < -0.3 is 25.5 Å². The van der Waals surface area contributed by atoms with Crippen molar-refractivity contribution in [3.05, 3.63) is 30.0 Å². The molecular formula is C26H33N5O4. The number of aromatic nitrogens is 1. The maximum Gasteiger partial charge on any atom is 0.268 e. The van der Waals surface area contributed by atoms with E-state index in [2.05, 4.69) is 27.0 Å². The highest BCUT2D eigenvalue weighted by atomic mass is 16.5. The van der Waals surface area contributed by atoms with E-state index in [1.165, 1.54) is 12.8 Å². The Kier molecular flexibility index (Phi) is 6.93. The molecule has 2 aliphatic carbocycles. The number of rotatable bonds is 11. The van der Waals surface area contributed by atoms with Crippen molar-refractivity contribution < 1.29 is 19.4 Å². The molecule has 2 aromatic rings. The molecule has 1 saturated heterocycles. The fraction of sp³-hybridized carbons (Fsp3) is 0.577. The molecule has 9 heteroatoms. The van der Waals surface area contributed by atoms with Crippen LogP contribution in [0.1, 0.15) is 55.4 Å². The lowest BCUT2D eigenvalue weighted by Gasteiger charge is -2.22. The van der Waals surface area contributed by atoms with Crippen molar-refractivity contribution in [1.29, 1.82) is 5.26 Å². The fourth-order valence-electron chi connectivity index (χ4n) is 4.73. The number of carbonyl (C=O) groups excluding carboxylic acids is 2. The summed E-state index contributed by atoms with van der Waals surface area (Å²) in [6, 6.07) is 8.15. The van der Waals surface area contributed by atoms with Crippen molar-refractivity contribution in [2.45, 2.75) is 63.3 Å². The Morgan fingerprint density at radius 1 is 1.14 bits per heavy atom. The SMILES string of the molecule is N#CC(CC1CCNC1O)NC(=O)C(CC1CC1)NC(=O)c1cc2c(OCC3CC3)cccc2[nH]1. The number of ether oxygens (including phenoxy) is 1. The van der Waals surface area contributed by atoms with Crippen molar-refractivity contribution in [1.82, 2.24) is 20.9 Å². The molecule has 4 atom stereocenters. The summed E-state index contributed by atoms with van der Waals surface area (Å²) in [6.07, 6.45) is 5.48. The Morgan fingerprint density at radius 3 is 2.63 bits per heavy atom. The third-order valence-electron chi connectivity index (χ3n) is 7.25. The molecule has 1 aliphatic heterocycles. The van der Waals surface area contributed by atoms with E-state index >= 15 is 0 Å². The zero-order chi connectivity index (χ0) is 24.4. The molecule has 0 radical (unpaired) electrons. The molecule has 0 spiro atoms. The van der Waals surface area contributed by atoms with Crippen LogP contribution in [0.2, 0.25) is 0 Å². The van der Waals surface area contributed by atoms with E-state index in [1.54, 1.807) is 6.07 Å². The first-order valence-electron chi connectivity index (χ1n) is 12.7. The second-order valence-electron chi connectivity index (χ2n) is 10.2. The summed E-state index contributed by atoms with van der Waals surface area (Å²) < 4.78 is 5.97. The van der Waals surface area contributed by atoms with Crippen LogP contribution in [0.3, 0.4) is 0 Å². The molecule has 9 nitrogen and oxygen atoms in total. The normalized spacial score (nSPS) is 23.4. The van der Waals surface area contributed by atoms with Gasteiger partial charge in [-0.1, -0.05) is 18.9 Å². The van der Waals surface area contributed by atoms with Gasteiger partial charge in [0.2, 0.25) is 5.91 Å². The number of aliphatic hydroxyl groups excluding tert-OH is 1. The van der Waals surface area contributed by atoms with Gasteiger partial charge in [0.05, 0.1) is 12.7 Å². The molecule has 3 fully saturated rings. The van der Waals surface area contributed by atoms with Crippen LogP contribution in [0.4, 0.5) is 0 Å². The molecule has 186 valence electrons. The zero-order valence-corrected chi connectivity index (χ0v) is 19.8. The topological polar surface area (TPSA) is 139 Å². The summed E-state index contributed by atoms with van der Waals surface area (Å²) in [5.74, 6) is 0.967. The van der Waals surface area contributed by atoms with Gasteiger partial charge in [-0.3, -0.25) is 14.9 Å². The first kappa shape index (κ1) is 23.6. The smallest absolute Gasteiger partial charge is 0.268 e. The molecule has 0 bridgehead atoms. The molecule has 2 heterocycles. The van der Waals surface area contributed by atoms with Crippen LogP contribution in [0.25, 0.3) is 10.9 Å². The van der Waals surface area contributed by atoms with Crippen LogP contribution < -0.4 is 20.7 Å². The monoisotopic (exact) mass is 479 g/mol. The highest BCUT2D eigenvalue weighted by Crippen LogP contribution is 2.34. The number of nitriles is 1. The minimum absolute atomic E-state index is 0.0842. The third-order valence-corrected chi connectivity index (χ3v) is 7.25. The molecule has 2 amide bonds. The maximum atomic E-state index is 13.1. The van der Waals surface area contributed by atoms with Crippen LogP contribution >= 0.6 is 0 Å². The number of H-pyrrole nitrogens is 1. The lowest BCUT2D eigenvalue weighted by atomic mass is 9.98. The average Bonchev–Trinajstić information content (AvgIpc) is 3.77. The maximum absolute atomic E-state index is 13.1. The lowest BCUT2D eigenvalue weighted by Crippen LogP contribution is -2.50. The molecular weight excluding hydrogens is 446 g/mol. The Morgan fingerprint density at radius 2 is 1.94 bits per heavy atom. The molecule has 5 rings (SSSR count). The number of aromatic amines is 1. The Hall–Kier alpha value is -3.09. The Balaban J connectivity index is 1.25. The van der Waals surface area contributed by atoms with Gasteiger partial charge in [0.1, 0.15) is 29.8 Å². The Labute approximate surface area is 204 Å². The van der Waals surface area contributed by atoms with E-state index in [-0.39, 0.29) is 17.7 Å². The number of amides is 2. The van der Waals surface area contributed by atoms with E-state index in [9.17, 15) is 20.0 Å². The lowest BCUT2D eigenvalue weighted by molar-refractivity contribution is -0.123. The van der Waals surface area contributed by atoms with Crippen LogP contribution in [-0.4, -0.2) is 53.4 Å². The minimum Gasteiger partial charge on any atom is -0.493 e. The predicted molar refractivity (Wildman–Crippen MR) is 129 cm³/mol. The Bertz CT molecular complexity index is 1120. The number of carbonyl (C=O) groups is 2. The van der Waals surface area contributed by atoms with Crippen LogP contribution in [-0.2, 0) is 4.79 Å². The van der Waals surface area contributed by atoms with Gasteiger partial charge in [0, 0.05) is 16.8 Å². The second kappa shape index (κ2) is 10.3. The summed E-state index contributed by atoms with van der Waals surface area (Å²) in [5, 5.41) is 29.0. The van der Waals surface area contributed by atoms with E-state index in [1.807, 2.05) is 18.2 Å². The fourth-order valence-corrected chi connectivity index (χ4v) is 4.73. The summed E-state index contributed by atoms with van der Waals surface area (Å²) in [7, 11) is 0. The van der Waals surface area contributed by atoms with Crippen LogP contribution in [0, 0.1) is 29.1 Å². The highest BCUT2D eigenvalue weighted by Gasteiger charge is 2.33. The number of nitrogens with one attached hydrogen (secondary N) is 4. The molecule has 1 aromatic carbocycles. The van der Waals surface area contributed by atoms with Gasteiger partial charge in [0.15, 0.2) is 0 Å².